The average Bonchev–Trinajstić information content (AvgIpc) is 2.93. The SMILES string of the molecule is CN1CC[C@H](Oc2cccc(-c3ccnc(C=O)c3)n2)C1. The average molecular weight is 283 g/mol. The Morgan fingerprint density at radius 1 is 1.38 bits per heavy atom. The van der Waals surface area contributed by atoms with Crippen LogP contribution in [0.3, 0.4) is 0 Å². The van der Waals surface area contributed by atoms with Crippen molar-refractivity contribution in [1.29, 1.82) is 0 Å². The number of aldehydes is 1. The van der Waals surface area contributed by atoms with Crippen LogP contribution in [0.4, 0.5) is 0 Å². The van der Waals surface area contributed by atoms with Gasteiger partial charge >= 0.3 is 0 Å². The topological polar surface area (TPSA) is 55.3 Å². The van der Waals surface area contributed by atoms with Gasteiger partial charge in [0.25, 0.3) is 0 Å². The Kier molecular flexibility index (Phi) is 3.92. The van der Waals surface area contributed by atoms with Crippen molar-refractivity contribution in [1.82, 2.24) is 14.9 Å². The lowest BCUT2D eigenvalue weighted by atomic mass is 10.1. The van der Waals surface area contributed by atoms with Gasteiger partial charge in [-0.3, -0.25) is 9.78 Å². The second-order valence-electron chi connectivity index (χ2n) is 5.24. The molecule has 0 aliphatic carbocycles. The quantitative estimate of drug-likeness (QED) is 0.804. The van der Waals surface area contributed by atoms with Crippen molar-refractivity contribution in [2.24, 2.45) is 0 Å². The largest absolute Gasteiger partial charge is 0.473 e. The van der Waals surface area contributed by atoms with Gasteiger partial charge in [0, 0.05) is 30.9 Å². The molecule has 1 aliphatic rings. The first-order valence-corrected chi connectivity index (χ1v) is 6.98. The molecule has 3 heterocycles. The minimum Gasteiger partial charge on any atom is -0.473 e. The van der Waals surface area contributed by atoms with E-state index in [1.54, 1.807) is 12.3 Å². The van der Waals surface area contributed by atoms with Gasteiger partial charge in [0.2, 0.25) is 5.88 Å². The molecule has 0 radical (unpaired) electrons. The predicted octanol–water partition coefficient (Wildman–Crippen LogP) is 2.04. The smallest absolute Gasteiger partial charge is 0.214 e. The summed E-state index contributed by atoms with van der Waals surface area (Å²) in [6.07, 6.45) is 3.56. The van der Waals surface area contributed by atoms with Gasteiger partial charge in [-0.15, -0.1) is 0 Å². The first kappa shape index (κ1) is 13.7. The number of rotatable bonds is 4. The molecular weight excluding hydrogens is 266 g/mol. The van der Waals surface area contributed by atoms with Crippen LogP contribution in [0.2, 0.25) is 0 Å². The van der Waals surface area contributed by atoms with Crippen molar-refractivity contribution in [3.8, 4) is 17.1 Å². The van der Waals surface area contributed by atoms with Gasteiger partial charge in [-0.05, 0) is 31.7 Å². The number of likely N-dealkylation sites (N-methyl/N-ethyl adjacent to an activating group) is 1. The molecule has 1 atom stereocenters. The number of nitrogens with zero attached hydrogens (tertiary/aromatic N) is 3. The number of aromatic nitrogens is 2. The Balaban J connectivity index is 1.80. The molecule has 0 N–H and O–H groups in total. The Labute approximate surface area is 123 Å². The standard InChI is InChI=1S/C16H17N3O2/c1-19-8-6-14(10-19)21-16-4-2-3-15(18-16)12-5-7-17-13(9-12)11-20/h2-5,7,9,11,14H,6,8,10H2,1H3/t14-/m0/s1. The number of carbonyl (C=O) groups is 1. The normalized spacial score (nSPS) is 18.6. The molecule has 0 amide bonds. The van der Waals surface area contributed by atoms with Crippen molar-refractivity contribution in [3.63, 3.8) is 0 Å². The first-order chi connectivity index (χ1) is 10.2. The maximum atomic E-state index is 10.8. The third kappa shape index (κ3) is 3.25. The van der Waals surface area contributed by atoms with Crippen LogP contribution in [0.1, 0.15) is 16.9 Å². The van der Waals surface area contributed by atoms with Crippen LogP contribution in [0.25, 0.3) is 11.3 Å². The fourth-order valence-corrected chi connectivity index (χ4v) is 2.47. The molecule has 108 valence electrons. The maximum absolute atomic E-state index is 10.8. The number of hydrogen-bond acceptors (Lipinski definition) is 5. The van der Waals surface area contributed by atoms with E-state index < -0.39 is 0 Å². The van der Waals surface area contributed by atoms with E-state index in [1.165, 1.54) is 0 Å². The minimum absolute atomic E-state index is 0.195. The molecule has 2 aromatic rings. The fourth-order valence-electron chi connectivity index (χ4n) is 2.47. The summed E-state index contributed by atoms with van der Waals surface area (Å²) in [5, 5.41) is 0. The third-order valence-corrected chi connectivity index (χ3v) is 3.56. The van der Waals surface area contributed by atoms with Crippen LogP contribution in [-0.4, -0.2) is 47.4 Å². The van der Waals surface area contributed by atoms with E-state index >= 15 is 0 Å². The highest BCUT2D eigenvalue weighted by Crippen LogP contribution is 2.21. The van der Waals surface area contributed by atoms with E-state index in [2.05, 4.69) is 21.9 Å². The van der Waals surface area contributed by atoms with Crippen molar-refractivity contribution in [2.45, 2.75) is 12.5 Å². The van der Waals surface area contributed by atoms with Gasteiger partial charge in [0.15, 0.2) is 6.29 Å². The van der Waals surface area contributed by atoms with Crippen LogP contribution in [0, 0.1) is 0 Å². The summed E-state index contributed by atoms with van der Waals surface area (Å²) in [6, 6.07) is 9.24. The summed E-state index contributed by atoms with van der Waals surface area (Å²) < 4.78 is 5.93. The van der Waals surface area contributed by atoms with Gasteiger partial charge in [-0.1, -0.05) is 6.07 Å². The lowest BCUT2D eigenvalue weighted by molar-refractivity contribution is 0.111. The van der Waals surface area contributed by atoms with E-state index in [1.807, 2.05) is 24.3 Å². The molecule has 1 fully saturated rings. The van der Waals surface area contributed by atoms with Crippen LogP contribution in [-0.2, 0) is 0 Å². The van der Waals surface area contributed by atoms with E-state index in [-0.39, 0.29) is 6.10 Å². The molecule has 2 aromatic heterocycles. The van der Waals surface area contributed by atoms with Crippen molar-refractivity contribution < 1.29 is 9.53 Å². The summed E-state index contributed by atoms with van der Waals surface area (Å²) in [7, 11) is 2.09. The molecule has 0 unspecified atom stereocenters. The van der Waals surface area contributed by atoms with Crippen LogP contribution in [0.15, 0.2) is 36.5 Å². The molecule has 5 nitrogen and oxygen atoms in total. The predicted molar refractivity (Wildman–Crippen MR) is 79.4 cm³/mol. The zero-order chi connectivity index (χ0) is 14.7. The Morgan fingerprint density at radius 2 is 2.29 bits per heavy atom. The van der Waals surface area contributed by atoms with E-state index in [4.69, 9.17) is 4.74 Å². The minimum atomic E-state index is 0.195. The molecular formula is C16H17N3O2. The second-order valence-corrected chi connectivity index (χ2v) is 5.24. The highest BCUT2D eigenvalue weighted by atomic mass is 16.5. The van der Waals surface area contributed by atoms with Crippen molar-refractivity contribution in [3.05, 3.63) is 42.2 Å². The summed E-state index contributed by atoms with van der Waals surface area (Å²) in [4.78, 5) is 21.5. The molecule has 1 aliphatic heterocycles. The summed E-state index contributed by atoms with van der Waals surface area (Å²) in [6.45, 7) is 1.98. The van der Waals surface area contributed by atoms with Gasteiger partial charge < -0.3 is 9.64 Å². The Hall–Kier alpha value is -2.27. The maximum Gasteiger partial charge on any atom is 0.214 e. The molecule has 0 bridgehead atoms. The van der Waals surface area contributed by atoms with Crippen LogP contribution in [0.5, 0.6) is 5.88 Å². The molecule has 5 heteroatoms. The number of carbonyl (C=O) groups excluding carboxylic acids is 1. The molecule has 0 saturated carbocycles. The van der Waals surface area contributed by atoms with E-state index in [0.717, 1.165) is 37.1 Å². The zero-order valence-electron chi connectivity index (χ0n) is 11.9. The van der Waals surface area contributed by atoms with E-state index in [0.29, 0.717) is 11.6 Å². The van der Waals surface area contributed by atoms with Gasteiger partial charge in [0.05, 0.1) is 5.69 Å². The summed E-state index contributed by atoms with van der Waals surface area (Å²) in [5.41, 5.74) is 2.04. The van der Waals surface area contributed by atoms with Gasteiger partial charge in [-0.25, -0.2) is 4.98 Å². The summed E-state index contributed by atoms with van der Waals surface area (Å²) in [5.74, 6) is 0.622. The molecule has 0 spiro atoms. The number of likely N-dealkylation sites (tertiary alicyclic amines) is 1. The molecule has 21 heavy (non-hydrogen) atoms. The number of pyridine rings is 2. The van der Waals surface area contributed by atoms with Gasteiger partial charge in [0.1, 0.15) is 11.8 Å². The third-order valence-electron chi connectivity index (χ3n) is 3.56. The van der Waals surface area contributed by atoms with Gasteiger partial charge in [-0.2, -0.15) is 0 Å². The fraction of sp³-hybridized carbons (Fsp3) is 0.312. The van der Waals surface area contributed by atoms with E-state index in [9.17, 15) is 4.79 Å². The highest BCUT2D eigenvalue weighted by Gasteiger charge is 2.21. The van der Waals surface area contributed by atoms with Crippen LogP contribution >= 0.6 is 0 Å². The zero-order valence-corrected chi connectivity index (χ0v) is 11.9. The molecule has 3 rings (SSSR count). The summed E-state index contributed by atoms with van der Waals surface area (Å²) >= 11 is 0. The van der Waals surface area contributed by atoms with Crippen LogP contribution < -0.4 is 4.74 Å². The number of ether oxygens (including phenoxy) is 1. The molecule has 0 aromatic carbocycles. The van der Waals surface area contributed by atoms with Crippen molar-refractivity contribution in [2.75, 3.05) is 20.1 Å². The lowest BCUT2D eigenvalue weighted by Gasteiger charge is -2.13. The lowest BCUT2D eigenvalue weighted by Crippen LogP contribution is -2.21. The first-order valence-electron chi connectivity index (χ1n) is 6.98. The highest BCUT2D eigenvalue weighted by molar-refractivity contribution is 5.75. The molecule has 1 saturated heterocycles. The monoisotopic (exact) mass is 283 g/mol. The number of hydrogen-bond donors (Lipinski definition) is 0. The Bertz CT molecular complexity index is 645. The Morgan fingerprint density at radius 3 is 3.05 bits per heavy atom. The second kappa shape index (κ2) is 6.01. The van der Waals surface area contributed by atoms with Crippen molar-refractivity contribution >= 4 is 6.29 Å².